The van der Waals surface area contributed by atoms with Crippen LogP contribution in [0.1, 0.15) is 18.9 Å². The fraction of sp³-hybridized carbons (Fsp3) is 0.278. The van der Waals surface area contributed by atoms with Crippen LogP contribution in [-0.2, 0) is 21.1 Å². The van der Waals surface area contributed by atoms with Gasteiger partial charge in [0, 0.05) is 11.8 Å². The first-order valence-electron chi connectivity index (χ1n) is 7.67. The lowest BCUT2D eigenvalue weighted by Gasteiger charge is -2.25. The van der Waals surface area contributed by atoms with Crippen LogP contribution in [0.25, 0.3) is 11.1 Å². The van der Waals surface area contributed by atoms with Crippen molar-refractivity contribution >= 4 is 15.7 Å². The molecule has 0 aliphatic heterocycles. The van der Waals surface area contributed by atoms with Crippen molar-refractivity contribution in [3.8, 4) is 11.1 Å². The Kier molecular flexibility index (Phi) is 5.59. The van der Waals surface area contributed by atoms with Gasteiger partial charge in [-0.1, -0.05) is 42.5 Å². The summed E-state index contributed by atoms with van der Waals surface area (Å²) in [5.41, 5.74) is 3.42. The standard InChI is InChI=1S/C18H20FNO4S/c1-18(17(21)20-22,25(2,23)24)12-11-13-7-9-14(10-8-13)15-5-3-4-6-16(15)19/h3-10,22H,11-12H2,1-2H3,(H,20,21). The van der Waals surface area contributed by atoms with Gasteiger partial charge in [-0.05, 0) is 37.0 Å². The fourth-order valence-corrected chi connectivity index (χ4v) is 3.37. The number of nitrogens with one attached hydrogen (secondary N) is 1. The predicted octanol–water partition coefficient (Wildman–Crippen LogP) is 2.73. The Bertz CT molecular complexity index is 865. The summed E-state index contributed by atoms with van der Waals surface area (Å²) >= 11 is 0. The highest BCUT2D eigenvalue weighted by Crippen LogP contribution is 2.26. The van der Waals surface area contributed by atoms with Crippen LogP contribution in [-0.4, -0.2) is 30.5 Å². The van der Waals surface area contributed by atoms with Crippen LogP contribution in [0.5, 0.6) is 0 Å². The summed E-state index contributed by atoms with van der Waals surface area (Å²) in [5, 5.41) is 8.82. The van der Waals surface area contributed by atoms with Crippen LogP contribution in [0.4, 0.5) is 4.39 Å². The van der Waals surface area contributed by atoms with E-state index in [1.54, 1.807) is 42.5 Å². The fourth-order valence-electron chi connectivity index (χ4n) is 2.51. The number of hydrogen-bond acceptors (Lipinski definition) is 4. The number of carbonyl (C=O) groups is 1. The van der Waals surface area contributed by atoms with Crippen LogP contribution in [0.2, 0.25) is 0 Å². The average molecular weight is 365 g/mol. The van der Waals surface area contributed by atoms with Crippen LogP contribution in [0, 0.1) is 5.82 Å². The third-order valence-corrected chi connectivity index (χ3v) is 6.46. The minimum absolute atomic E-state index is 0.0112. The second kappa shape index (κ2) is 7.33. The van der Waals surface area contributed by atoms with Gasteiger partial charge in [0.15, 0.2) is 9.84 Å². The molecule has 2 aromatic rings. The highest BCUT2D eigenvalue weighted by Gasteiger charge is 2.43. The number of carbonyl (C=O) groups excluding carboxylic acids is 1. The highest BCUT2D eigenvalue weighted by molar-refractivity contribution is 7.92. The summed E-state index contributed by atoms with van der Waals surface area (Å²) in [4.78, 5) is 11.8. The van der Waals surface area contributed by atoms with Crippen molar-refractivity contribution in [2.75, 3.05) is 6.26 Å². The van der Waals surface area contributed by atoms with Crippen molar-refractivity contribution in [3.05, 3.63) is 59.9 Å². The number of hydrogen-bond donors (Lipinski definition) is 2. The Balaban J connectivity index is 2.19. The van der Waals surface area contributed by atoms with Crippen LogP contribution in [0.15, 0.2) is 48.5 Å². The van der Waals surface area contributed by atoms with E-state index in [0.717, 1.165) is 11.8 Å². The van der Waals surface area contributed by atoms with Gasteiger partial charge in [0.25, 0.3) is 5.91 Å². The Morgan fingerprint density at radius 3 is 2.28 bits per heavy atom. The molecule has 0 fully saturated rings. The molecule has 0 bridgehead atoms. The topological polar surface area (TPSA) is 83.5 Å². The van der Waals surface area contributed by atoms with Gasteiger partial charge >= 0.3 is 0 Å². The molecule has 0 saturated heterocycles. The molecule has 2 aromatic carbocycles. The Morgan fingerprint density at radius 1 is 1.16 bits per heavy atom. The maximum absolute atomic E-state index is 13.8. The first-order valence-corrected chi connectivity index (χ1v) is 9.56. The third-order valence-electron chi connectivity index (χ3n) is 4.43. The van der Waals surface area contributed by atoms with E-state index >= 15 is 0 Å². The van der Waals surface area contributed by atoms with E-state index in [9.17, 15) is 17.6 Å². The monoisotopic (exact) mass is 365 g/mol. The molecular weight excluding hydrogens is 345 g/mol. The Labute approximate surface area is 146 Å². The molecule has 7 heteroatoms. The van der Waals surface area contributed by atoms with Crippen molar-refractivity contribution < 1.29 is 22.8 Å². The van der Waals surface area contributed by atoms with Gasteiger partial charge in [-0.25, -0.2) is 18.3 Å². The summed E-state index contributed by atoms with van der Waals surface area (Å²) in [7, 11) is -3.72. The summed E-state index contributed by atoms with van der Waals surface area (Å²) in [6.45, 7) is 1.28. The lowest BCUT2D eigenvalue weighted by molar-refractivity contribution is -0.131. The van der Waals surface area contributed by atoms with Gasteiger partial charge in [0.1, 0.15) is 10.6 Å². The molecule has 2 rings (SSSR count). The second-order valence-electron chi connectivity index (χ2n) is 6.12. The molecule has 0 radical (unpaired) electrons. The Hall–Kier alpha value is -2.25. The Morgan fingerprint density at radius 2 is 1.76 bits per heavy atom. The van der Waals surface area contributed by atoms with Crippen molar-refractivity contribution in [2.45, 2.75) is 24.5 Å². The SMILES string of the molecule is CC(CCc1ccc(-c2ccccc2F)cc1)(C(=O)NO)S(C)(=O)=O. The zero-order valence-electron chi connectivity index (χ0n) is 14.0. The van der Waals surface area contributed by atoms with Gasteiger partial charge in [0.05, 0.1) is 0 Å². The van der Waals surface area contributed by atoms with Crippen molar-refractivity contribution in [1.82, 2.24) is 5.48 Å². The molecule has 0 aromatic heterocycles. The van der Waals surface area contributed by atoms with Gasteiger partial charge in [0.2, 0.25) is 0 Å². The van der Waals surface area contributed by atoms with Gasteiger partial charge in [-0.15, -0.1) is 0 Å². The molecule has 25 heavy (non-hydrogen) atoms. The molecule has 2 N–H and O–H groups in total. The average Bonchev–Trinajstić information content (AvgIpc) is 2.59. The molecule has 134 valence electrons. The van der Waals surface area contributed by atoms with Gasteiger partial charge < -0.3 is 0 Å². The molecule has 0 spiro atoms. The maximum atomic E-state index is 13.8. The zero-order valence-corrected chi connectivity index (χ0v) is 14.8. The van der Waals surface area contributed by atoms with E-state index in [0.29, 0.717) is 17.5 Å². The zero-order chi connectivity index (χ0) is 18.7. The van der Waals surface area contributed by atoms with Crippen molar-refractivity contribution in [2.24, 2.45) is 0 Å². The van der Waals surface area contributed by atoms with E-state index in [2.05, 4.69) is 0 Å². The molecule has 0 aliphatic rings. The minimum atomic E-state index is -3.72. The maximum Gasteiger partial charge on any atom is 0.264 e. The first kappa shape index (κ1) is 19.1. The molecule has 0 saturated carbocycles. The number of hydroxylamine groups is 1. The number of amides is 1. The highest BCUT2D eigenvalue weighted by atomic mass is 32.2. The van der Waals surface area contributed by atoms with E-state index in [-0.39, 0.29) is 12.2 Å². The molecule has 0 aliphatic carbocycles. The molecule has 0 heterocycles. The number of aryl methyl sites for hydroxylation is 1. The summed E-state index contributed by atoms with van der Waals surface area (Å²) in [6.07, 6.45) is 1.29. The van der Waals surface area contributed by atoms with E-state index in [1.165, 1.54) is 18.5 Å². The molecule has 1 atom stereocenters. The van der Waals surface area contributed by atoms with E-state index in [4.69, 9.17) is 5.21 Å². The van der Waals surface area contributed by atoms with Crippen LogP contribution < -0.4 is 5.48 Å². The number of sulfone groups is 1. The smallest absolute Gasteiger partial charge is 0.264 e. The predicted molar refractivity (Wildman–Crippen MR) is 93.3 cm³/mol. The third kappa shape index (κ3) is 4.05. The van der Waals surface area contributed by atoms with Crippen molar-refractivity contribution in [1.29, 1.82) is 0 Å². The van der Waals surface area contributed by atoms with Crippen molar-refractivity contribution in [3.63, 3.8) is 0 Å². The lowest BCUT2D eigenvalue weighted by atomic mass is 9.97. The second-order valence-corrected chi connectivity index (χ2v) is 8.57. The summed E-state index contributed by atoms with van der Waals surface area (Å²) in [5.74, 6) is -1.28. The van der Waals surface area contributed by atoms with Crippen LogP contribution >= 0.6 is 0 Å². The molecular formula is C18H20FNO4S. The normalized spacial score (nSPS) is 13.9. The first-order chi connectivity index (χ1) is 11.7. The number of benzene rings is 2. The lowest BCUT2D eigenvalue weighted by Crippen LogP contribution is -2.49. The number of halogens is 1. The summed E-state index contributed by atoms with van der Waals surface area (Å²) < 4.78 is 35.9. The minimum Gasteiger partial charge on any atom is -0.289 e. The van der Waals surface area contributed by atoms with Crippen LogP contribution in [0.3, 0.4) is 0 Å². The molecule has 1 amide bonds. The number of rotatable bonds is 6. The van der Waals surface area contributed by atoms with Gasteiger partial charge in [-0.2, -0.15) is 0 Å². The van der Waals surface area contributed by atoms with E-state index < -0.39 is 20.5 Å². The largest absolute Gasteiger partial charge is 0.289 e. The quantitative estimate of drug-likeness (QED) is 0.609. The summed E-state index contributed by atoms with van der Waals surface area (Å²) in [6, 6.07) is 13.5. The van der Waals surface area contributed by atoms with E-state index in [1.807, 2.05) is 0 Å². The molecule has 1 unspecified atom stereocenters. The van der Waals surface area contributed by atoms with Gasteiger partial charge in [-0.3, -0.25) is 10.0 Å². The molecule has 5 nitrogen and oxygen atoms in total.